The molecule has 0 aliphatic heterocycles. The van der Waals surface area contributed by atoms with Crippen LogP contribution < -0.4 is 5.32 Å². The van der Waals surface area contributed by atoms with E-state index in [9.17, 15) is 9.90 Å². The molecule has 5 nitrogen and oxygen atoms in total. The van der Waals surface area contributed by atoms with Crippen molar-refractivity contribution >= 4 is 5.91 Å². The SMILES string of the molecule is Cc1c(C(=O)N[C@@H]2c3ccccc3C[C@@H]2O)cnn1C. The first-order valence-corrected chi connectivity index (χ1v) is 6.63. The van der Waals surface area contributed by atoms with Gasteiger partial charge in [-0.1, -0.05) is 24.3 Å². The largest absolute Gasteiger partial charge is 0.390 e. The molecule has 0 bridgehead atoms. The van der Waals surface area contributed by atoms with Crippen LogP contribution in [0.2, 0.25) is 0 Å². The Labute approximate surface area is 117 Å². The second-order valence-corrected chi connectivity index (χ2v) is 5.19. The zero-order valence-electron chi connectivity index (χ0n) is 11.5. The van der Waals surface area contributed by atoms with Crippen LogP contribution >= 0.6 is 0 Å². The highest BCUT2D eigenvalue weighted by molar-refractivity contribution is 5.95. The molecule has 1 aromatic carbocycles. The number of hydrogen-bond acceptors (Lipinski definition) is 3. The molecule has 0 radical (unpaired) electrons. The van der Waals surface area contributed by atoms with E-state index in [1.54, 1.807) is 17.9 Å². The van der Waals surface area contributed by atoms with Gasteiger partial charge < -0.3 is 10.4 Å². The highest BCUT2D eigenvalue weighted by Crippen LogP contribution is 2.31. The van der Waals surface area contributed by atoms with Crippen molar-refractivity contribution in [1.29, 1.82) is 0 Å². The maximum atomic E-state index is 12.3. The van der Waals surface area contributed by atoms with Crippen molar-refractivity contribution < 1.29 is 9.90 Å². The normalized spacial score (nSPS) is 20.8. The van der Waals surface area contributed by atoms with Crippen LogP contribution in [-0.4, -0.2) is 26.9 Å². The third-order valence-electron chi connectivity index (χ3n) is 3.97. The average molecular weight is 271 g/mol. The standard InChI is InChI=1S/C15H17N3O2/c1-9-12(8-16-18(9)2)15(20)17-14-11-6-4-3-5-10(11)7-13(14)19/h3-6,8,13-14,19H,7H2,1-2H3,(H,17,20)/t13-,14+/m0/s1. The molecule has 1 aliphatic rings. The summed E-state index contributed by atoms with van der Waals surface area (Å²) in [5.41, 5.74) is 3.44. The number of aryl methyl sites for hydroxylation is 1. The lowest BCUT2D eigenvalue weighted by Crippen LogP contribution is -2.34. The Balaban J connectivity index is 1.85. The third kappa shape index (κ3) is 2.00. The Hall–Kier alpha value is -2.14. The van der Waals surface area contributed by atoms with Gasteiger partial charge in [0.15, 0.2) is 0 Å². The Morgan fingerprint density at radius 2 is 2.20 bits per heavy atom. The molecule has 104 valence electrons. The highest BCUT2D eigenvalue weighted by Gasteiger charge is 2.32. The number of nitrogens with zero attached hydrogens (tertiary/aromatic N) is 2. The zero-order chi connectivity index (χ0) is 14.3. The van der Waals surface area contributed by atoms with E-state index in [1.807, 2.05) is 31.2 Å². The smallest absolute Gasteiger partial charge is 0.255 e. The first kappa shape index (κ1) is 12.9. The topological polar surface area (TPSA) is 67.2 Å². The number of amides is 1. The summed E-state index contributed by atoms with van der Waals surface area (Å²) in [4.78, 5) is 12.3. The number of carbonyl (C=O) groups excluding carboxylic acids is 1. The number of carbonyl (C=O) groups is 1. The van der Waals surface area contributed by atoms with Gasteiger partial charge in [-0.25, -0.2) is 0 Å². The zero-order valence-corrected chi connectivity index (χ0v) is 11.5. The molecule has 2 atom stereocenters. The molecular weight excluding hydrogens is 254 g/mol. The van der Waals surface area contributed by atoms with Crippen LogP contribution in [0.15, 0.2) is 30.5 Å². The van der Waals surface area contributed by atoms with Crippen LogP contribution in [-0.2, 0) is 13.5 Å². The number of aromatic nitrogens is 2. The van der Waals surface area contributed by atoms with E-state index in [0.29, 0.717) is 12.0 Å². The van der Waals surface area contributed by atoms with E-state index in [0.717, 1.165) is 16.8 Å². The fourth-order valence-electron chi connectivity index (χ4n) is 2.69. The van der Waals surface area contributed by atoms with Crippen molar-refractivity contribution in [3.8, 4) is 0 Å². The first-order chi connectivity index (χ1) is 9.58. The Morgan fingerprint density at radius 1 is 1.45 bits per heavy atom. The van der Waals surface area contributed by atoms with Crippen molar-refractivity contribution in [2.75, 3.05) is 0 Å². The van der Waals surface area contributed by atoms with E-state index >= 15 is 0 Å². The molecule has 1 aromatic heterocycles. The molecule has 20 heavy (non-hydrogen) atoms. The van der Waals surface area contributed by atoms with Crippen LogP contribution in [0.3, 0.4) is 0 Å². The predicted molar refractivity (Wildman–Crippen MR) is 74.3 cm³/mol. The van der Waals surface area contributed by atoms with Gasteiger partial charge in [0, 0.05) is 19.2 Å². The molecule has 0 unspecified atom stereocenters. The van der Waals surface area contributed by atoms with Crippen molar-refractivity contribution in [3.05, 3.63) is 52.8 Å². The minimum absolute atomic E-state index is 0.198. The van der Waals surface area contributed by atoms with Gasteiger partial charge >= 0.3 is 0 Å². The molecule has 0 fully saturated rings. The number of nitrogens with one attached hydrogen (secondary N) is 1. The number of benzene rings is 1. The maximum absolute atomic E-state index is 12.3. The van der Waals surface area contributed by atoms with Crippen LogP contribution in [0, 0.1) is 6.92 Å². The summed E-state index contributed by atoms with van der Waals surface area (Å²) >= 11 is 0. The van der Waals surface area contributed by atoms with Crippen molar-refractivity contribution in [2.45, 2.75) is 25.5 Å². The van der Waals surface area contributed by atoms with Crippen molar-refractivity contribution in [3.63, 3.8) is 0 Å². The van der Waals surface area contributed by atoms with E-state index < -0.39 is 6.10 Å². The minimum atomic E-state index is -0.576. The Bertz CT molecular complexity index is 663. The summed E-state index contributed by atoms with van der Waals surface area (Å²) in [7, 11) is 1.80. The first-order valence-electron chi connectivity index (χ1n) is 6.63. The summed E-state index contributed by atoms with van der Waals surface area (Å²) in [5, 5.41) is 17.1. The predicted octanol–water partition coefficient (Wildman–Crippen LogP) is 1.12. The summed E-state index contributed by atoms with van der Waals surface area (Å²) in [6, 6.07) is 7.46. The number of hydrogen-bond donors (Lipinski definition) is 2. The number of aliphatic hydroxyl groups is 1. The van der Waals surface area contributed by atoms with Crippen LogP contribution in [0.5, 0.6) is 0 Å². The third-order valence-corrected chi connectivity index (χ3v) is 3.97. The van der Waals surface area contributed by atoms with Crippen LogP contribution in [0.25, 0.3) is 0 Å². The second-order valence-electron chi connectivity index (χ2n) is 5.19. The highest BCUT2D eigenvalue weighted by atomic mass is 16.3. The van der Waals surface area contributed by atoms with E-state index in [-0.39, 0.29) is 11.9 Å². The quantitative estimate of drug-likeness (QED) is 0.860. The monoisotopic (exact) mass is 271 g/mol. The second kappa shape index (κ2) is 4.76. The van der Waals surface area contributed by atoms with Gasteiger partial charge in [0.25, 0.3) is 5.91 Å². The van der Waals surface area contributed by atoms with Gasteiger partial charge in [-0.05, 0) is 18.1 Å². The van der Waals surface area contributed by atoms with Gasteiger partial charge in [0.1, 0.15) is 0 Å². The molecule has 1 heterocycles. The maximum Gasteiger partial charge on any atom is 0.255 e. The summed E-state index contributed by atoms with van der Waals surface area (Å²) in [5.74, 6) is -0.198. The van der Waals surface area contributed by atoms with Crippen molar-refractivity contribution in [1.82, 2.24) is 15.1 Å². The van der Waals surface area contributed by atoms with Crippen LogP contribution in [0.1, 0.15) is 33.2 Å². The minimum Gasteiger partial charge on any atom is -0.390 e. The molecule has 2 aromatic rings. The fraction of sp³-hybridized carbons (Fsp3) is 0.333. The van der Waals surface area contributed by atoms with Gasteiger partial charge in [-0.2, -0.15) is 5.10 Å². The number of aliphatic hydroxyl groups excluding tert-OH is 1. The van der Waals surface area contributed by atoms with Gasteiger partial charge in [0.05, 0.1) is 23.9 Å². The molecule has 1 aliphatic carbocycles. The molecular formula is C15H17N3O2. The molecule has 1 amide bonds. The lowest BCUT2D eigenvalue weighted by Gasteiger charge is -2.17. The van der Waals surface area contributed by atoms with Crippen LogP contribution in [0.4, 0.5) is 0 Å². The van der Waals surface area contributed by atoms with E-state index in [1.165, 1.54) is 0 Å². The van der Waals surface area contributed by atoms with Gasteiger partial charge in [0.2, 0.25) is 0 Å². The molecule has 5 heteroatoms. The molecule has 0 saturated carbocycles. The lowest BCUT2D eigenvalue weighted by molar-refractivity contribution is 0.0857. The molecule has 0 spiro atoms. The lowest BCUT2D eigenvalue weighted by atomic mass is 10.1. The molecule has 3 rings (SSSR count). The van der Waals surface area contributed by atoms with E-state index in [4.69, 9.17) is 0 Å². The van der Waals surface area contributed by atoms with Gasteiger partial charge in [-0.3, -0.25) is 9.48 Å². The summed E-state index contributed by atoms with van der Waals surface area (Å²) in [6.07, 6.45) is 1.55. The average Bonchev–Trinajstić information content (AvgIpc) is 2.92. The number of fused-ring (bicyclic) bond motifs is 1. The van der Waals surface area contributed by atoms with Gasteiger partial charge in [-0.15, -0.1) is 0 Å². The summed E-state index contributed by atoms with van der Waals surface area (Å²) in [6.45, 7) is 1.85. The van der Waals surface area contributed by atoms with E-state index in [2.05, 4.69) is 10.4 Å². The summed E-state index contributed by atoms with van der Waals surface area (Å²) < 4.78 is 1.66. The fourth-order valence-corrected chi connectivity index (χ4v) is 2.69. The Morgan fingerprint density at radius 3 is 2.90 bits per heavy atom. The van der Waals surface area contributed by atoms with Crippen molar-refractivity contribution in [2.24, 2.45) is 7.05 Å². The number of rotatable bonds is 2. The molecule has 0 saturated heterocycles. The Kier molecular flexibility index (Phi) is 3.06. The molecule has 2 N–H and O–H groups in total.